The van der Waals surface area contributed by atoms with Crippen molar-refractivity contribution in [2.45, 2.75) is 13.3 Å². The molecule has 1 atom stereocenters. The number of carbonyl (C=O) groups excluding carboxylic acids is 2. The molecule has 5 heteroatoms. The molecule has 0 heterocycles. The SMILES string of the molecule is CCC(C(=O)OC)C(=O)c1c(F)cccc1F. The highest BCUT2D eigenvalue weighted by atomic mass is 19.1. The monoisotopic (exact) mass is 242 g/mol. The molecule has 0 saturated heterocycles. The van der Waals surface area contributed by atoms with Gasteiger partial charge >= 0.3 is 5.97 Å². The molecule has 3 nitrogen and oxygen atoms in total. The molecule has 0 aliphatic carbocycles. The maximum absolute atomic E-state index is 13.4. The van der Waals surface area contributed by atoms with E-state index in [0.717, 1.165) is 25.3 Å². The zero-order valence-corrected chi connectivity index (χ0v) is 9.50. The van der Waals surface area contributed by atoms with E-state index in [4.69, 9.17) is 0 Å². The van der Waals surface area contributed by atoms with Crippen molar-refractivity contribution in [3.8, 4) is 0 Å². The summed E-state index contributed by atoms with van der Waals surface area (Å²) in [5.74, 6) is -4.81. The molecule has 1 unspecified atom stereocenters. The van der Waals surface area contributed by atoms with Crippen LogP contribution in [0.4, 0.5) is 8.78 Å². The summed E-state index contributed by atoms with van der Waals surface area (Å²) in [6.45, 7) is 1.57. The first kappa shape index (κ1) is 13.3. The Kier molecular flexibility index (Phi) is 4.31. The summed E-state index contributed by atoms with van der Waals surface area (Å²) in [5.41, 5.74) is -0.690. The number of ether oxygens (including phenoxy) is 1. The first-order chi connectivity index (χ1) is 8.02. The maximum atomic E-state index is 13.4. The Balaban J connectivity index is 3.15. The van der Waals surface area contributed by atoms with Gasteiger partial charge in [-0.1, -0.05) is 13.0 Å². The number of rotatable bonds is 4. The van der Waals surface area contributed by atoms with E-state index in [0.29, 0.717) is 0 Å². The molecular weight excluding hydrogens is 230 g/mol. The minimum absolute atomic E-state index is 0.124. The molecule has 0 N–H and O–H groups in total. The van der Waals surface area contributed by atoms with Crippen molar-refractivity contribution < 1.29 is 23.1 Å². The van der Waals surface area contributed by atoms with Crippen LogP contribution in [0.25, 0.3) is 0 Å². The molecule has 0 aliphatic heterocycles. The van der Waals surface area contributed by atoms with Crippen LogP contribution in [0.5, 0.6) is 0 Å². The Morgan fingerprint density at radius 2 is 1.82 bits per heavy atom. The van der Waals surface area contributed by atoms with Gasteiger partial charge in [-0.25, -0.2) is 8.78 Å². The van der Waals surface area contributed by atoms with E-state index in [1.807, 2.05) is 0 Å². The van der Waals surface area contributed by atoms with Crippen molar-refractivity contribution in [2.24, 2.45) is 5.92 Å². The lowest BCUT2D eigenvalue weighted by Crippen LogP contribution is -2.26. The zero-order valence-electron chi connectivity index (χ0n) is 9.50. The molecule has 0 saturated carbocycles. The van der Waals surface area contributed by atoms with E-state index in [1.54, 1.807) is 6.92 Å². The lowest BCUT2D eigenvalue weighted by Gasteiger charge is -2.12. The number of esters is 1. The van der Waals surface area contributed by atoms with Crippen molar-refractivity contribution in [2.75, 3.05) is 7.11 Å². The van der Waals surface area contributed by atoms with Crippen LogP contribution in [0.2, 0.25) is 0 Å². The number of methoxy groups -OCH3 is 1. The van der Waals surface area contributed by atoms with Gasteiger partial charge in [0.25, 0.3) is 0 Å². The van der Waals surface area contributed by atoms with Crippen LogP contribution in [-0.2, 0) is 9.53 Å². The third kappa shape index (κ3) is 2.67. The van der Waals surface area contributed by atoms with Crippen molar-refractivity contribution >= 4 is 11.8 Å². The molecule has 0 aromatic heterocycles. The summed E-state index contributed by atoms with van der Waals surface area (Å²) in [5, 5.41) is 0. The molecule has 0 spiro atoms. The number of Topliss-reactive ketones (excluding diaryl/α,β-unsaturated/α-hetero) is 1. The highest BCUT2D eigenvalue weighted by Crippen LogP contribution is 2.19. The molecule has 1 rings (SSSR count). The molecule has 0 fully saturated rings. The van der Waals surface area contributed by atoms with Gasteiger partial charge in [-0.2, -0.15) is 0 Å². The van der Waals surface area contributed by atoms with Gasteiger partial charge < -0.3 is 4.74 Å². The maximum Gasteiger partial charge on any atom is 0.316 e. The van der Waals surface area contributed by atoms with Crippen molar-refractivity contribution in [3.05, 3.63) is 35.4 Å². The average molecular weight is 242 g/mol. The first-order valence-corrected chi connectivity index (χ1v) is 5.09. The van der Waals surface area contributed by atoms with Crippen LogP contribution >= 0.6 is 0 Å². The highest BCUT2D eigenvalue weighted by Gasteiger charge is 2.30. The number of hydrogen-bond donors (Lipinski definition) is 0. The Bertz CT molecular complexity index is 423. The average Bonchev–Trinajstić information content (AvgIpc) is 2.29. The third-order valence-corrected chi connectivity index (χ3v) is 2.42. The largest absolute Gasteiger partial charge is 0.468 e. The van der Waals surface area contributed by atoms with Crippen molar-refractivity contribution in [1.82, 2.24) is 0 Å². The lowest BCUT2D eigenvalue weighted by molar-refractivity contribution is -0.143. The van der Waals surface area contributed by atoms with Crippen LogP contribution in [-0.4, -0.2) is 18.9 Å². The normalized spacial score (nSPS) is 12.0. The Hall–Kier alpha value is -1.78. The fraction of sp³-hybridized carbons (Fsp3) is 0.333. The van der Waals surface area contributed by atoms with Crippen LogP contribution in [0, 0.1) is 17.6 Å². The fourth-order valence-corrected chi connectivity index (χ4v) is 1.51. The van der Waals surface area contributed by atoms with E-state index >= 15 is 0 Å². The molecule has 0 radical (unpaired) electrons. The van der Waals surface area contributed by atoms with Gasteiger partial charge in [-0.15, -0.1) is 0 Å². The third-order valence-electron chi connectivity index (χ3n) is 2.42. The van der Waals surface area contributed by atoms with Gasteiger partial charge in [0.2, 0.25) is 0 Å². The second-order valence-electron chi connectivity index (χ2n) is 3.44. The molecular formula is C12H12F2O3. The second kappa shape index (κ2) is 5.52. The summed E-state index contributed by atoms with van der Waals surface area (Å²) in [6.07, 6.45) is 0.124. The molecule has 0 bridgehead atoms. The van der Waals surface area contributed by atoms with Gasteiger partial charge in [0, 0.05) is 0 Å². The molecule has 17 heavy (non-hydrogen) atoms. The van der Waals surface area contributed by atoms with E-state index in [9.17, 15) is 18.4 Å². The molecule has 1 aromatic rings. The Morgan fingerprint density at radius 3 is 2.24 bits per heavy atom. The number of benzene rings is 1. The van der Waals surface area contributed by atoms with Gasteiger partial charge in [-0.05, 0) is 18.6 Å². The van der Waals surface area contributed by atoms with Gasteiger partial charge in [0.05, 0.1) is 12.7 Å². The smallest absolute Gasteiger partial charge is 0.316 e. The predicted octanol–water partition coefficient (Wildman–Crippen LogP) is 2.35. The van der Waals surface area contributed by atoms with E-state index in [2.05, 4.69) is 4.74 Å². The Morgan fingerprint density at radius 1 is 1.29 bits per heavy atom. The Labute approximate surface area is 97.4 Å². The van der Waals surface area contributed by atoms with E-state index < -0.39 is 34.9 Å². The topological polar surface area (TPSA) is 43.4 Å². The highest BCUT2D eigenvalue weighted by molar-refractivity contribution is 6.08. The van der Waals surface area contributed by atoms with Gasteiger partial charge in [0.1, 0.15) is 17.6 Å². The van der Waals surface area contributed by atoms with Crippen molar-refractivity contribution in [1.29, 1.82) is 0 Å². The van der Waals surface area contributed by atoms with E-state index in [1.165, 1.54) is 0 Å². The number of hydrogen-bond acceptors (Lipinski definition) is 3. The number of carbonyl (C=O) groups is 2. The minimum Gasteiger partial charge on any atom is -0.468 e. The van der Waals surface area contributed by atoms with Crippen LogP contribution in [0.15, 0.2) is 18.2 Å². The summed E-state index contributed by atoms with van der Waals surface area (Å²) < 4.78 is 31.1. The molecule has 0 amide bonds. The van der Waals surface area contributed by atoms with Crippen molar-refractivity contribution in [3.63, 3.8) is 0 Å². The van der Waals surface area contributed by atoms with E-state index in [-0.39, 0.29) is 6.42 Å². The van der Waals surface area contributed by atoms with Crippen LogP contribution in [0.1, 0.15) is 23.7 Å². The predicted molar refractivity (Wildman–Crippen MR) is 56.5 cm³/mol. The summed E-state index contributed by atoms with van der Waals surface area (Å²) in [6, 6.07) is 3.10. The summed E-state index contributed by atoms with van der Waals surface area (Å²) in [7, 11) is 1.12. The number of ketones is 1. The van der Waals surface area contributed by atoms with Gasteiger partial charge in [0.15, 0.2) is 5.78 Å². The summed E-state index contributed by atoms with van der Waals surface area (Å²) in [4.78, 5) is 23.1. The molecule has 0 aliphatic rings. The molecule has 92 valence electrons. The van der Waals surface area contributed by atoms with Gasteiger partial charge in [-0.3, -0.25) is 9.59 Å². The lowest BCUT2D eigenvalue weighted by atomic mass is 9.94. The van der Waals surface area contributed by atoms with Crippen LogP contribution < -0.4 is 0 Å². The standard InChI is InChI=1S/C12H12F2O3/c1-3-7(12(16)17-2)11(15)10-8(13)5-4-6-9(10)14/h4-7H,3H2,1-2H3. The molecule has 1 aromatic carbocycles. The fourth-order valence-electron chi connectivity index (χ4n) is 1.51. The zero-order chi connectivity index (χ0) is 13.0. The minimum atomic E-state index is -1.17. The quantitative estimate of drug-likeness (QED) is 0.462. The number of halogens is 2. The first-order valence-electron chi connectivity index (χ1n) is 5.09. The second-order valence-corrected chi connectivity index (χ2v) is 3.44. The van der Waals surface area contributed by atoms with Crippen LogP contribution in [0.3, 0.4) is 0 Å². The summed E-state index contributed by atoms with van der Waals surface area (Å²) >= 11 is 0.